The largest absolute Gasteiger partial charge is 0.375 e. The van der Waals surface area contributed by atoms with E-state index in [0.717, 1.165) is 23.3 Å². The average Bonchev–Trinajstić information content (AvgIpc) is 3.31. The van der Waals surface area contributed by atoms with Gasteiger partial charge in [0.2, 0.25) is 0 Å². The summed E-state index contributed by atoms with van der Waals surface area (Å²) in [6.07, 6.45) is 2.25. The van der Waals surface area contributed by atoms with E-state index in [1.807, 2.05) is 6.07 Å². The summed E-state index contributed by atoms with van der Waals surface area (Å²) < 4.78 is 16.2. The Balaban J connectivity index is 1.69. The first kappa shape index (κ1) is 16.7. The minimum absolute atomic E-state index is 0.0323. The third-order valence-corrected chi connectivity index (χ3v) is 5.06. The van der Waals surface area contributed by atoms with Gasteiger partial charge in [0.1, 0.15) is 11.5 Å². The Morgan fingerprint density at radius 3 is 2.58 bits per heavy atom. The Morgan fingerprint density at radius 2 is 1.96 bits per heavy atom. The Labute approximate surface area is 143 Å². The molecule has 0 heterocycles. The molecule has 0 amide bonds. The second-order valence-corrected chi connectivity index (χ2v) is 7.06. The molecule has 1 aliphatic carbocycles. The van der Waals surface area contributed by atoms with Crippen LogP contribution < -0.4 is 10.0 Å². The van der Waals surface area contributed by atoms with Crippen molar-refractivity contribution in [2.24, 2.45) is 0 Å². The van der Waals surface area contributed by atoms with Gasteiger partial charge >= 0.3 is 0 Å². The molecular weight excluding hydrogens is 329 g/mol. The molecule has 0 aromatic heterocycles. The molecule has 0 saturated heterocycles. The van der Waals surface area contributed by atoms with Crippen LogP contribution >= 0.6 is 11.9 Å². The van der Waals surface area contributed by atoms with Crippen LogP contribution in [0.25, 0.3) is 0 Å². The number of nitrogens with zero attached hydrogens (tertiary/aromatic N) is 1. The van der Waals surface area contributed by atoms with Crippen LogP contribution in [0.15, 0.2) is 47.4 Å². The van der Waals surface area contributed by atoms with Crippen LogP contribution in [-0.4, -0.2) is 10.5 Å². The number of nitro benzene ring substituents is 1. The first-order valence-corrected chi connectivity index (χ1v) is 8.48. The molecule has 0 radical (unpaired) electrons. The molecule has 1 aliphatic rings. The lowest BCUT2D eigenvalue weighted by Gasteiger charge is -2.12. The van der Waals surface area contributed by atoms with Crippen molar-refractivity contribution in [1.82, 2.24) is 4.72 Å². The summed E-state index contributed by atoms with van der Waals surface area (Å²) in [6, 6.07) is 11.2. The van der Waals surface area contributed by atoms with Crippen LogP contribution in [0.3, 0.4) is 0 Å². The van der Waals surface area contributed by atoms with Crippen LogP contribution in [0.1, 0.15) is 25.3 Å². The van der Waals surface area contributed by atoms with Gasteiger partial charge in [-0.3, -0.25) is 14.8 Å². The first-order chi connectivity index (χ1) is 11.5. The van der Waals surface area contributed by atoms with Gasteiger partial charge in [0.05, 0.1) is 4.92 Å². The number of hydrogen-bond donors (Lipinski definition) is 2. The molecule has 2 N–H and O–H groups in total. The van der Waals surface area contributed by atoms with E-state index in [2.05, 4.69) is 17.0 Å². The summed E-state index contributed by atoms with van der Waals surface area (Å²) in [5, 5.41) is 14.4. The van der Waals surface area contributed by atoms with Crippen molar-refractivity contribution in [3.05, 3.63) is 64.0 Å². The highest BCUT2D eigenvalue weighted by Crippen LogP contribution is 2.38. The second kappa shape index (κ2) is 6.78. The number of benzene rings is 2. The summed E-state index contributed by atoms with van der Waals surface area (Å²) in [7, 11) is 0. The van der Waals surface area contributed by atoms with E-state index in [1.165, 1.54) is 24.1 Å². The fourth-order valence-corrected chi connectivity index (χ4v) is 3.02. The summed E-state index contributed by atoms with van der Waals surface area (Å²) in [5.74, 6) is -0.303. The van der Waals surface area contributed by atoms with Crippen LogP contribution in [0.4, 0.5) is 15.8 Å². The topological polar surface area (TPSA) is 67.2 Å². The maximum absolute atomic E-state index is 12.9. The molecule has 3 rings (SSSR count). The highest BCUT2D eigenvalue weighted by molar-refractivity contribution is 7.97. The molecule has 2 aromatic rings. The maximum atomic E-state index is 12.9. The number of nitro groups is 1. The molecule has 0 aliphatic heterocycles. The van der Waals surface area contributed by atoms with E-state index in [4.69, 9.17) is 0 Å². The van der Waals surface area contributed by atoms with Crippen molar-refractivity contribution in [3.63, 3.8) is 0 Å². The summed E-state index contributed by atoms with van der Waals surface area (Å²) >= 11 is 1.42. The minimum atomic E-state index is -0.393. The summed E-state index contributed by atoms with van der Waals surface area (Å²) in [6.45, 7) is 2.52. The predicted molar refractivity (Wildman–Crippen MR) is 93.5 cm³/mol. The third-order valence-electron chi connectivity index (χ3n) is 3.98. The fraction of sp³-hybridized carbons (Fsp3) is 0.294. The molecule has 1 fully saturated rings. The Morgan fingerprint density at radius 1 is 1.25 bits per heavy atom. The zero-order valence-electron chi connectivity index (χ0n) is 13.2. The Bertz CT molecular complexity index is 748. The van der Waals surface area contributed by atoms with Crippen LogP contribution in [0, 0.1) is 15.9 Å². The zero-order chi connectivity index (χ0) is 17.2. The van der Waals surface area contributed by atoms with Gasteiger partial charge in [0.25, 0.3) is 5.69 Å². The van der Waals surface area contributed by atoms with E-state index in [9.17, 15) is 14.5 Å². The van der Waals surface area contributed by atoms with Crippen LogP contribution in [-0.2, 0) is 6.54 Å². The van der Waals surface area contributed by atoms with Crippen LogP contribution in [0.2, 0.25) is 0 Å². The number of hydrogen-bond acceptors (Lipinski definition) is 5. The average molecular weight is 347 g/mol. The molecular formula is C17H18FN3O2S. The van der Waals surface area contributed by atoms with E-state index >= 15 is 0 Å². The predicted octanol–water partition coefficient (Wildman–Crippen LogP) is 4.50. The molecule has 0 bridgehead atoms. The molecule has 5 nitrogen and oxygen atoms in total. The normalized spacial score (nSPS) is 15.1. The van der Waals surface area contributed by atoms with E-state index < -0.39 is 4.92 Å². The lowest BCUT2D eigenvalue weighted by Crippen LogP contribution is -2.19. The summed E-state index contributed by atoms with van der Waals surface area (Å²) in [5.41, 5.74) is 1.49. The molecule has 0 spiro atoms. The number of rotatable bonds is 7. The lowest BCUT2D eigenvalue weighted by atomic mass is 10.2. The van der Waals surface area contributed by atoms with Gasteiger partial charge in [0, 0.05) is 23.0 Å². The van der Waals surface area contributed by atoms with Gasteiger partial charge in [-0.15, -0.1) is 0 Å². The quantitative estimate of drug-likeness (QED) is 0.439. The van der Waals surface area contributed by atoms with E-state index in [1.54, 1.807) is 24.3 Å². The SMILES string of the molecule is CC1(NSc2ccc(NCc3ccc(F)cc3)c([N+](=O)[O-])c2)CC1. The Hall–Kier alpha value is -2.12. The van der Waals surface area contributed by atoms with Crippen molar-refractivity contribution in [1.29, 1.82) is 0 Å². The molecule has 1 saturated carbocycles. The van der Waals surface area contributed by atoms with Crippen molar-refractivity contribution in [3.8, 4) is 0 Å². The smallest absolute Gasteiger partial charge is 0.293 e. The lowest BCUT2D eigenvalue weighted by molar-refractivity contribution is -0.384. The maximum Gasteiger partial charge on any atom is 0.293 e. The molecule has 126 valence electrons. The van der Waals surface area contributed by atoms with E-state index in [-0.39, 0.29) is 17.0 Å². The molecule has 0 unspecified atom stereocenters. The summed E-state index contributed by atoms with van der Waals surface area (Å²) in [4.78, 5) is 11.7. The number of anilines is 1. The van der Waals surface area contributed by atoms with Crippen molar-refractivity contribution in [2.45, 2.75) is 36.7 Å². The van der Waals surface area contributed by atoms with Crippen LogP contribution in [0.5, 0.6) is 0 Å². The minimum Gasteiger partial charge on any atom is -0.375 e. The van der Waals surface area contributed by atoms with Crippen molar-refractivity contribution < 1.29 is 9.31 Å². The second-order valence-electron chi connectivity index (χ2n) is 6.18. The molecule has 24 heavy (non-hydrogen) atoms. The fourth-order valence-electron chi connectivity index (χ4n) is 2.15. The number of halogens is 1. The highest BCUT2D eigenvalue weighted by Gasteiger charge is 2.37. The van der Waals surface area contributed by atoms with Gasteiger partial charge in [-0.25, -0.2) is 4.39 Å². The van der Waals surface area contributed by atoms with Gasteiger partial charge < -0.3 is 5.32 Å². The van der Waals surface area contributed by atoms with Gasteiger partial charge in [-0.05, 0) is 61.5 Å². The molecule has 2 aromatic carbocycles. The van der Waals surface area contributed by atoms with Crippen molar-refractivity contribution in [2.75, 3.05) is 5.32 Å². The van der Waals surface area contributed by atoms with Crippen molar-refractivity contribution >= 4 is 23.3 Å². The molecule has 7 heteroatoms. The standard InChI is InChI=1S/C17H18FN3O2S/c1-17(8-9-17)20-24-14-6-7-15(16(10-14)21(22)23)19-11-12-2-4-13(18)5-3-12/h2-7,10,19-20H,8-9,11H2,1H3. The van der Waals surface area contributed by atoms with E-state index in [0.29, 0.717) is 12.2 Å². The molecule has 0 atom stereocenters. The number of nitrogens with one attached hydrogen (secondary N) is 2. The third kappa shape index (κ3) is 4.24. The van der Waals surface area contributed by atoms with Gasteiger partial charge in [0.15, 0.2) is 0 Å². The van der Waals surface area contributed by atoms with Gasteiger partial charge in [-0.1, -0.05) is 12.1 Å². The Kier molecular flexibility index (Phi) is 4.73. The monoisotopic (exact) mass is 347 g/mol. The highest BCUT2D eigenvalue weighted by atomic mass is 32.2. The zero-order valence-corrected chi connectivity index (χ0v) is 14.0. The first-order valence-electron chi connectivity index (χ1n) is 7.66. The van der Waals surface area contributed by atoms with Gasteiger partial charge in [-0.2, -0.15) is 0 Å².